The van der Waals surface area contributed by atoms with E-state index in [0.29, 0.717) is 32.5 Å². The highest BCUT2D eigenvalue weighted by Crippen LogP contribution is 2.36. The molecule has 2 fully saturated rings. The number of aromatic nitrogens is 1. The molecule has 2 saturated heterocycles. The van der Waals surface area contributed by atoms with Crippen LogP contribution in [0, 0.1) is 6.92 Å². The summed E-state index contributed by atoms with van der Waals surface area (Å²) in [5.41, 5.74) is 2.45. The van der Waals surface area contributed by atoms with Crippen molar-refractivity contribution in [1.29, 1.82) is 0 Å². The first-order valence-corrected chi connectivity index (χ1v) is 9.19. The van der Waals surface area contributed by atoms with Gasteiger partial charge < -0.3 is 19.3 Å². The SMILES string of the molecule is Cc1c(C(=O)N2CCC3(CC2)OCCCC3O)n(C)c2ccccc12. The van der Waals surface area contributed by atoms with Gasteiger partial charge >= 0.3 is 0 Å². The number of rotatable bonds is 1. The van der Waals surface area contributed by atoms with E-state index in [1.807, 2.05) is 35.6 Å². The Morgan fingerprint density at radius 2 is 2.00 bits per heavy atom. The summed E-state index contributed by atoms with van der Waals surface area (Å²) >= 11 is 0. The average molecular weight is 342 g/mol. The van der Waals surface area contributed by atoms with Crippen LogP contribution < -0.4 is 0 Å². The Kier molecular flexibility index (Phi) is 4.08. The lowest BCUT2D eigenvalue weighted by Gasteiger charge is -2.46. The largest absolute Gasteiger partial charge is 0.390 e. The second kappa shape index (κ2) is 6.15. The van der Waals surface area contributed by atoms with Crippen LogP contribution in [0.2, 0.25) is 0 Å². The highest BCUT2D eigenvalue weighted by molar-refractivity contribution is 6.01. The Morgan fingerprint density at radius 3 is 2.68 bits per heavy atom. The number of hydrogen-bond donors (Lipinski definition) is 1. The van der Waals surface area contributed by atoms with Gasteiger partial charge in [-0.1, -0.05) is 18.2 Å². The van der Waals surface area contributed by atoms with Crippen molar-refractivity contribution < 1.29 is 14.6 Å². The van der Waals surface area contributed by atoms with Crippen molar-refractivity contribution in [3.63, 3.8) is 0 Å². The van der Waals surface area contributed by atoms with E-state index in [1.54, 1.807) is 0 Å². The number of aryl methyl sites for hydroxylation is 2. The molecule has 134 valence electrons. The fourth-order valence-electron chi connectivity index (χ4n) is 4.51. The standard InChI is InChI=1S/C20H26N2O3/c1-14-15-6-3-4-7-16(15)21(2)18(14)19(24)22-11-9-20(10-12-22)17(23)8-5-13-25-20/h3-4,6-7,17,23H,5,8-13H2,1-2H3. The molecule has 0 bridgehead atoms. The van der Waals surface area contributed by atoms with Crippen LogP contribution in [0.3, 0.4) is 0 Å². The highest BCUT2D eigenvalue weighted by atomic mass is 16.5. The molecule has 2 aliphatic rings. The first-order valence-electron chi connectivity index (χ1n) is 9.19. The number of nitrogens with zero attached hydrogens (tertiary/aromatic N) is 2. The smallest absolute Gasteiger partial charge is 0.270 e. The topological polar surface area (TPSA) is 54.7 Å². The van der Waals surface area contributed by atoms with E-state index >= 15 is 0 Å². The van der Waals surface area contributed by atoms with Crippen molar-refractivity contribution in [2.24, 2.45) is 7.05 Å². The molecule has 1 N–H and O–H groups in total. The molecule has 1 aromatic heterocycles. The molecule has 2 aromatic rings. The van der Waals surface area contributed by atoms with Crippen molar-refractivity contribution in [3.05, 3.63) is 35.5 Å². The van der Waals surface area contributed by atoms with Crippen molar-refractivity contribution >= 4 is 16.8 Å². The molecule has 1 unspecified atom stereocenters. The zero-order chi connectivity index (χ0) is 17.6. The molecule has 1 atom stereocenters. The number of ether oxygens (including phenoxy) is 1. The van der Waals surface area contributed by atoms with Gasteiger partial charge in [-0.2, -0.15) is 0 Å². The normalized spacial score (nSPS) is 23.3. The number of carbonyl (C=O) groups excluding carboxylic acids is 1. The van der Waals surface area contributed by atoms with E-state index in [4.69, 9.17) is 4.74 Å². The minimum Gasteiger partial charge on any atom is -0.390 e. The van der Waals surface area contributed by atoms with Gasteiger partial charge in [0.25, 0.3) is 5.91 Å². The summed E-state index contributed by atoms with van der Waals surface area (Å²) in [7, 11) is 1.96. The Hall–Kier alpha value is -1.85. The van der Waals surface area contributed by atoms with Crippen LogP contribution in [0.15, 0.2) is 24.3 Å². The van der Waals surface area contributed by atoms with Crippen LogP contribution in [0.25, 0.3) is 10.9 Å². The van der Waals surface area contributed by atoms with E-state index in [-0.39, 0.29) is 5.91 Å². The predicted octanol–water partition coefficient (Wildman–Crippen LogP) is 2.63. The van der Waals surface area contributed by atoms with Gasteiger partial charge in [-0.15, -0.1) is 0 Å². The van der Waals surface area contributed by atoms with Crippen LogP contribution in [0.4, 0.5) is 0 Å². The second-order valence-electron chi connectivity index (χ2n) is 7.41. The van der Waals surface area contributed by atoms with Crippen LogP contribution >= 0.6 is 0 Å². The summed E-state index contributed by atoms with van der Waals surface area (Å²) in [6, 6.07) is 8.13. The number of piperidine rings is 1. The number of aliphatic hydroxyl groups is 1. The summed E-state index contributed by atoms with van der Waals surface area (Å²) in [4.78, 5) is 15.1. The lowest BCUT2D eigenvalue weighted by atomic mass is 9.82. The molecule has 3 heterocycles. The van der Waals surface area contributed by atoms with Gasteiger partial charge in [-0.25, -0.2) is 0 Å². The molecule has 2 aliphatic heterocycles. The number of likely N-dealkylation sites (tertiary alicyclic amines) is 1. The molecule has 1 aromatic carbocycles. The third-order valence-electron chi connectivity index (χ3n) is 6.08. The maximum Gasteiger partial charge on any atom is 0.270 e. The maximum absolute atomic E-state index is 13.2. The van der Waals surface area contributed by atoms with Crippen LogP contribution in [-0.4, -0.2) is 51.9 Å². The Labute approximate surface area is 148 Å². The van der Waals surface area contributed by atoms with Gasteiger partial charge in [-0.05, 0) is 44.2 Å². The van der Waals surface area contributed by atoms with Gasteiger partial charge in [-0.3, -0.25) is 4.79 Å². The number of hydrogen-bond acceptors (Lipinski definition) is 3. The van der Waals surface area contributed by atoms with Crippen LogP contribution in [0.1, 0.15) is 41.7 Å². The highest BCUT2D eigenvalue weighted by Gasteiger charge is 2.44. The Balaban J connectivity index is 1.57. The summed E-state index contributed by atoms with van der Waals surface area (Å²) < 4.78 is 7.96. The van der Waals surface area contributed by atoms with Gasteiger partial charge in [0.1, 0.15) is 5.69 Å². The number of carbonyl (C=O) groups is 1. The molecule has 0 aliphatic carbocycles. The predicted molar refractivity (Wildman–Crippen MR) is 96.7 cm³/mol. The summed E-state index contributed by atoms with van der Waals surface area (Å²) in [6.07, 6.45) is 2.74. The van der Waals surface area contributed by atoms with Gasteiger partial charge in [0.15, 0.2) is 0 Å². The van der Waals surface area contributed by atoms with Crippen molar-refractivity contribution in [2.45, 2.75) is 44.3 Å². The average Bonchev–Trinajstić information content (AvgIpc) is 2.89. The molecule has 25 heavy (non-hydrogen) atoms. The molecule has 1 amide bonds. The van der Waals surface area contributed by atoms with E-state index in [0.717, 1.165) is 35.0 Å². The van der Waals surface area contributed by atoms with E-state index in [9.17, 15) is 9.90 Å². The van der Waals surface area contributed by atoms with Gasteiger partial charge in [0.05, 0.1) is 11.7 Å². The minimum atomic E-state index is -0.441. The Bertz CT molecular complexity index is 764. The van der Waals surface area contributed by atoms with Crippen LogP contribution in [0.5, 0.6) is 0 Å². The molecule has 0 saturated carbocycles. The second-order valence-corrected chi connectivity index (χ2v) is 7.41. The minimum absolute atomic E-state index is 0.0800. The number of para-hydroxylation sites is 1. The number of aliphatic hydroxyl groups excluding tert-OH is 1. The van der Waals surface area contributed by atoms with Crippen molar-refractivity contribution in [2.75, 3.05) is 19.7 Å². The molecule has 5 nitrogen and oxygen atoms in total. The first kappa shape index (κ1) is 16.6. The van der Waals surface area contributed by atoms with Crippen molar-refractivity contribution in [3.8, 4) is 0 Å². The Morgan fingerprint density at radius 1 is 1.28 bits per heavy atom. The maximum atomic E-state index is 13.2. The molecule has 0 radical (unpaired) electrons. The van der Waals surface area contributed by atoms with Gasteiger partial charge in [0.2, 0.25) is 0 Å². The number of fused-ring (bicyclic) bond motifs is 1. The third-order valence-corrected chi connectivity index (χ3v) is 6.08. The zero-order valence-corrected chi connectivity index (χ0v) is 15.0. The molecule has 1 spiro atoms. The zero-order valence-electron chi connectivity index (χ0n) is 15.0. The quantitative estimate of drug-likeness (QED) is 0.867. The summed E-state index contributed by atoms with van der Waals surface area (Å²) in [5.74, 6) is 0.0800. The van der Waals surface area contributed by atoms with E-state index in [1.165, 1.54) is 0 Å². The number of amides is 1. The van der Waals surface area contributed by atoms with Crippen molar-refractivity contribution in [1.82, 2.24) is 9.47 Å². The summed E-state index contributed by atoms with van der Waals surface area (Å²) in [6.45, 7) is 4.01. The van der Waals surface area contributed by atoms with E-state index < -0.39 is 11.7 Å². The van der Waals surface area contributed by atoms with Gasteiger partial charge in [0, 0.05) is 37.6 Å². The van der Waals surface area contributed by atoms with E-state index in [2.05, 4.69) is 12.1 Å². The first-order chi connectivity index (χ1) is 12.0. The third kappa shape index (κ3) is 2.57. The summed E-state index contributed by atoms with van der Waals surface area (Å²) in [5, 5.41) is 11.5. The molecular formula is C20H26N2O3. The molecule has 4 rings (SSSR count). The fourth-order valence-corrected chi connectivity index (χ4v) is 4.51. The van der Waals surface area contributed by atoms with Crippen LogP contribution in [-0.2, 0) is 11.8 Å². The number of benzene rings is 1. The lowest BCUT2D eigenvalue weighted by Crippen LogP contribution is -2.56. The monoisotopic (exact) mass is 342 g/mol. The molecule has 5 heteroatoms. The molecular weight excluding hydrogens is 316 g/mol. The fraction of sp³-hybridized carbons (Fsp3) is 0.550. The lowest BCUT2D eigenvalue weighted by molar-refractivity contribution is -0.174.